The van der Waals surface area contributed by atoms with Gasteiger partial charge in [-0.15, -0.1) is 0 Å². The molecule has 0 aliphatic carbocycles. The third kappa shape index (κ3) is 6.69. The van der Waals surface area contributed by atoms with Gasteiger partial charge in [-0.25, -0.2) is 9.79 Å². The molecule has 9 nitrogen and oxygen atoms in total. The first kappa shape index (κ1) is 33.6. The molecule has 0 N–H and O–H groups in total. The molecule has 0 radical (unpaired) electrons. The van der Waals surface area contributed by atoms with Crippen molar-refractivity contribution in [3.8, 4) is 23.0 Å². The van der Waals surface area contributed by atoms with Crippen molar-refractivity contribution in [3.63, 3.8) is 0 Å². The highest BCUT2D eigenvalue weighted by Gasteiger charge is 2.35. The van der Waals surface area contributed by atoms with Crippen LogP contribution < -0.4 is 33.8 Å². The number of ether oxygens (including phenoxy) is 5. The smallest absolute Gasteiger partial charge is 0.338 e. The second kappa shape index (κ2) is 14.3. The molecule has 0 bridgehead atoms. The maximum absolute atomic E-state index is 14.2. The predicted octanol–water partition coefficient (Wildman–Crippen LogP) is 6.47. The lowest BCUT2D eigenvalue weighted by molar-refractivity contribution is -0.139. The molecule has 0 fully saturated rings. The Kier molecular flexibility index (Phi) is 10.5. The summed E-state index contributed by atoms with van der Waals surface area (Å²) in [7, 11) is 4.55. The van der Waals surface area contributed by atoms with E-state index in [0.717, 1.165) is 5.56 Å². The summed E-state index contributed by atoms with van der Waals surface area (Å²) < 4.78 is 30.5. The number of carbonyl (C=O) groups excluding carboxylic acids is 1. The molecule has 3 aromatic carbocycles. The Labute approximate surface area is 287 Å². The third-order valence-corrected chi connectivity index (χ3v) is 9.32. The van der Waals surface area contributed by atoms with Gasteiger partial charge in [0.1, 0.15) is 6.61 Å². The molecule has 1 atom stereocenters. The molecular weight excluding hydrogens is 719 g/mol. The minimum Gasteiger partial charge on any atom is -0.493 e. The molecule has 13 heteroatoms. The van der Waals surface area contributed by atoms with Crippen molar-refractivity contribution >= 4 is 62.5 Å². The van der Waals surface area contributed by atoms with Gasteiger partial charge < -0.3 is 23.7 Å². The Balaban J connectivity index is 1.62. The zero-order valence-electron chi connectivity index (χ0n) is 25.5. The van der Waals surface area contributed by atoms with Gasteiger partial charge in [0.05, 0.1) is 54.8 Å². The maximum Gasteiger partial charge on any atom is 0.338 e. The van der Waals surface area contributed by atoms with Gasteiger partial charge in [0.15, 0.2) is 27.8 Å². The van der Waals surface area contributed by atoms with Crippen molar-refractivity contribution in [3.05, 3.63) is 111 Å². The summed E-state index contributed by atoms with van der Waals surface area (Å²) in [4.78, 5) is 32.5. The minimum absolute atomic E-state index is 0.154. The number of fused-ring (bicyclic) bond motifs is 1. The van der Waals surface area contributed by atoms with Crippen molar-refractivity contribution < 1.29 is 28.5 Å². The van der Waals surface area contributed by atoms with E-state index in [-0.39, 0.29) is 24.3 Å². The molecule has 1 aliphatic rings. The van der Waals surface area contributed by atoms with Crippen LogP contribution in [0.15, 0.2) is 74.1 Å². The third-order valence-electron chi connectivity index (χ3n) is 7.14. The number of allylic oxidation sites excluding steroid dienone is 1. The largest absolute Gasteiger partial charge is 0.493 e. The van der Waals surface area contributed by atoms with E-state index in [0.29, 0.717) is 63.7 Å². The normalized spacial score (nSPS) is 14.4. The van der Waals surface area contributed by atoms with E-state index in [4.69, 9.17) is 46.9 Å². The maximum atomic E-state index is 14.2. The van der Waals surface area contributed by atoms with Crippen LogP contribution in [-0.4, -0.2) is 38.5 Å². The van der Waals surface area contributed by atoms with Gasteiger partial charge in [-0.05, 0) is 73.0 Å². The van der Waals surface area contributed by atoms with E-state index < -0.39 is 12.0 Å². The molecule has 0 spiro atoms. The second-order valence-electron chi connectivity index (χ2n) is 9.98. The van der Waals surface area contributed by atoms with Gasteiger partial charge in [0, 0.05) is 9.50 Å². The Morgan fingerprint density at radius 3 is 2.43 bits per heavy atom. The lowest BCUT2D eigenvalue weighted by atomic mass is 9.95. The average molecular weight is 748 g/mol. The van der Waals surface area contributed by atoms with Crippen molar-refractivity contribution in [1.82, 2.24) is 4.57 Å². The molecule has 5 rings (SSSR count). The van der Waals surface area contributed by atoms with Crippen LogP contribution in [0.1, 0.15) is 36.6 Å². The van der Waals surface area contributed by atoms with Crippen LogP contribution in [0, 0.1) is 0 Å². The van der Waals surface area contributed by atoms with E-state index >= 15 is 0 Å². The summed E-state index contributed by atoms with van der Waals surface area (Å²) in [5.41, 5.74) is 2.37. The van der Waals surface area contributed by atoms with E-state index in [2.05, 4.69) is 20.9 Å². The van der Waals surface area contributed by atoms with Crippen molar-refractivity contribution in [2.45, 2.75) is 26.5 Å². The average Bonchev–Trinajstić information content (AvgIpc) is 3.33. The SMILES string of the molecule is CCOC(=O)C1=C(C)N=c2s/c(=C\c3cc(Cl)c(OCc4cccc(Cl)c4)c(OC)c3)c(=O)n2[C@@H]1c1cc(OC)c(OC)cc1Br. The number of aromatic nitrogens is 1. The van der Waals surface area contributed by atoms with Crippen LogP contribution in [0.25, 0.3) is 6.08 Å². The number of methoxy groups -OCH3 is 3. The fourth-order valence-electron chi connectivity index (χ4n) is 5.06. The van der Waals surface area contributed by atoms with Crippen LogP contribution in [0.3, 0.4) is 0 Å². The minimum atomic E-state index is -0.868. The first-order valence-corrected chi connectivity index (χ1v) is 16.3. The van der Waals surface area contributed by atoms with Crippen LogP contribution >= 0.6 is 50.5 Å². The zero-order valence-corrected chi connectivity index (χ0v) is 29.4. The first-order valence-electron chi connectivity index (χ1n) is 14.0. The van der Waals surface area contributed by atoms with Gasteiger partial charge >= 0.3 is 5.97 Å². The Morgan fingerprint density at radius 2 is 1.76 bits per heavy atom. The highest BCUT2D eigenvalue weighted by Crippen LogP contribution is 2.41. The molecule has 0 saturated heterocycles. The molecule has 2 heterocycles. The van der Waals surface area contributed by atoms with Crippen molar-refractivity contribution in [2.75, 3.05) is 27.9 Å². The summed E-state index contributed by atoms with van der Waals surface area (Å²) in [5, 5.41) is 0.897. The molecule has 4 aromatic rings. The fraction of sp³-hybridized carbons (Fsp3) is 0.242. The molecular formula is C33H29BrCl2N2O7S. The Hall–Kier alpha value is -3.77. The number of thiazole rings is 1. The number of hydrogen-bond acceptors (Lipinski definition) is 9. The van der Waals surface area contributed by atoms with E-state index in [9.17, 15) is 9.59 Å². The summed E-state index contributed by atoms with van der Waals surface area (Å²) in [6.45, 7) is 3.82. The zero-order chi connectivity index (χ0) is 33.1. The molecule has 0 amide bonds. The van der Waals surface area contributed by atoms with Gasteiger partial charge in [-0.1, -0.05) is 62.6 Å². The summed E-state index contributed by atoms with van der Waals surface area (Å²) in [6.07, 6.45) is 1.70. The van der Waals surface area contributed by atoms with Gasteiger partial charge in [0.2, 0.25) is 0 Å². The summed E-state index contributed by atoms with van der Waals surface area (Å²) in [6, 6.07) is 13.3. The van der Waals surface area contributed by atoms with Crippen LogP contribution in [0.2, 0.25) is 10.0 Å². The van der Waals surface area contributed by atoms with Crippen LogP contribution in [0.5, 0.6) is 23.0 Å². The molecule has 240 valence electrons. The number of esters is 1. The Morgan fingerprint density at radius 1 is 1.04 bits per heavy atom. The molecule has 1 aromatic heterocycles. The molecule has 0 unspecified atom stereocenters. The van der Waals surface area contributed by atoms with Gasteiger partial charge in [0.25, 0.3) is 5.56 Å². The van der Waals surface area contributed by atoms with Crippen LogP contribution in [-0.2, 0) is 16.1 Å². The molecule has 46 heavy (non-hydrogen) atoms. The summed E-state index contributed by atoms with van der Waals surface area (Å²) >= 11 is 17.6. The van der Waals surface area contributed by atoms with Crippen molar-refractivity contribution in [2.24, 2.45) is 4.99 Å². The Bertz CT molecular complexity index is 2040. The van der Waals surface area contributed by atoms with E-state index in [1.165, 1.54) is 37.2 Å². The highest BCUT2D eigenvalue weighted by molar-refractivity contribution is 9.10. The van der Waals surface area contributed by atoms with E-state index in [1.54, 1.807) is 56.3 Å². The highest BCUT2D eigenvalue weighted by atomic mass is 79.9. The number of halogens is 3. The molecule has 1 aliphatic heterocycles. The number of benzene rings is 3. The lowest BCUT2D eigenvalue weighted by Crippen LogP contribution is -2.40. The number of nitrogens with zero attached hydrogens (tertiary/aromatic N) is 2. The second-order valence-corrected chi connectivity index (χ2v) is 12.7. The first-order chi connectivity index (χ1) is 22.1. The number of rotatable bonds is 10. The number of carbonyl (C=O) groups is 1. The topological polar surface area (TPSA) is 97.6 Å². The van der Waals surface area contributed by atoms with Gasteiger partial charge in [-0.2, -0.15) is 0 Å². The molecule has 0 saturated carbocycles. The van der Waals surface area contributed by atoms with E-state index in [1.807, 2.05) is 12.1 Å². The standard InChI is InChI=1S/C33H29BrCl2N2O7S/c1-6-44-32(40)28-17(2)37-33-38(29(28)21-14-24(41-3)25(42-4)15-22(21)34)31(39)27(46-33)13-19-11-23(36)30(26(12-19)43-5)45-16-18-8-7-9-20(35)10-18/h7-15,29H,6,16H2,1-5H3/b27-13-/t29-/m1/s1. The monoisotopic (exact) mass is 746 g/mol. The summed E-state index contributed by atoms with van der Waals surface area (Å²) in [5.74, 6) is 1.08. The van der Waals surface area contributed by atoms with Crippen molar-refractivity contribution in [1.29, 1.82) is 0 Å². The van der Waals surface area contributed by atoms with Gasteiger partial charge in [-0.3, -0.25) is 9.36 Å². The lowest BCUT2D eigenvalue weighted by Gasteiger charge is -2.26. The predicted molar refractivity (Wildman–Crippen MR) is 181 cm³/mol. The fourth-order valence-corrected chi connectivity index (χ4v) is 7.13. The van der Waals surface area contributed by atoms with Crippen LogP contribution in [0.4, 0.5) is 0 Å². The quantitative estimate of drug-likeness (QED) is 0.172. The number of hydrogen-bond donors (Lipinski definition) is 0.